The van der Waals surface area contributed by atoms with Gasteiger partial charge in [0, 0.05) is 6.21 Å². The largest absolute Gasteiger partial charge is 0.289 e. The molecule has 0 saturated heterocycles. The van der Waals surface area contributed by atoms with E-state index in [9.17, 15) is 4.39 Å². The highest BCUT2D eigenvalue weighted by Crippen LogP contribution is 2.54. The molecular formula is C18H22FN. The minimum Gasteiger partial charge on any atom is -0.289 e. The second kappa shape index (κ2) is 4.98. The van der Waals surface area contributed by atoms with E-state index in [-0.39, 0.29) is 5.82 Å². The number of aliphatic imine (C=N–C) groups is 1. The second-order valence-corrected chi connectivity index (χ2v) is 7.00. The summed E-state index contributed by atoms with van der Waals surface area (Å²) >= 11 is 0. The standard InChI is InChI=1S/C18H22FN/c19-17-6-1-3-12(7-17)11-20-18-14-5-2-4-13-8-16(18)10-15(13)9-14/h1,3,6-7,11,13-16,18H,2,4-5,8-10H2/b20-11+. The molecule has 2 heteroatoms. The van der Waals surface area contributed by atoms with Gasteiger partial charge in [-0.15, -0.1) is 0 Å². The lowest BCUT2D eigenvalue weighted by Gasteiger charge is -2.33. The van der Waals surface area contributed by atoms with E-state index >= 15 is 0 Å². The van der Waals surface area contributed by atoms with Crippen LogP contribution in [0.3, 0.4) is 0 Å². The molecule has 106 valence electrons. The molecule has 0 aliphatic heterocycles. The predicted molar refractivity (Wildman–Crippen MR) is 79.4 cm³/mol. The molecule has 3 bridgehead atoms. The fraction of sp³-hybridized carbons (Fsp3) is 0.611. The Balaban J connectivity index is 1.56. The summed E-state index contributed by atoms with van der Waals surface area (Å²) in [6, 6.07) is 7.27. The number of hydrogen-bond acceptors (Lipinski definition) is 1. The summed E-state index contributed by atoms with van der Waals surface area (Å²) in [5.74, 6) is 3.40. The van der Waals surface area contributed by atoms with E-state index in [1.807, 2.05) is 12.3 Å². The maximum Gasteiger partial charge on any atom is 0.123 e. The van der Waals surface area contributed by atoms with Crippen LogP contribution in [0.2, 0.25) is 0 Å². The summed E-state index contributed by atoms with van der Waals surface area (Å²) in [5.41, 5.74) is 0.900. The molecule has 3 fully saturated rings. The SMILES string of the molecule is Fc1cccc(/C=N/C2C3CCCC4CC2CC4C3)c1. The highest BCUT2D eigenvalue weighted by molar-refractivity contribution is 5.79. The molecule has 5 atom stereocenters. The van der Waals surface area contributed by atoms with Crippen LogP contribution in [0.5, 0.6) is 0 Å². The Morgan fingerprint density at radius 1 is 1.00 bits per heavy atom. The van der Waals surface area contributed by atoms with Crippen molar-refractivity contribution >= 4 is 6.21 Å². The Morgan fingerprint density at radius 2 is 1.80 bits per heavy atom. The van der Waals surface area contributed by atoms with E-state index in [2.05, 4.69) is 0 Å². The third-order valence-corrected chi connectivity index (χ3v) is 5.84. The number of hydrogen-bond donors (Lipinski definition) is 0. The first-order chi connectivity index (χ1) is 9.79. The Hall–Kier alpha value is -1.18. The van der Waals surface area contributed by atoms with Crippen LogP contribution in [-0.4, -0.2) is 12.3 Å². The van der Waals surface area contributed by atoms with Crippen molar-refractivity contribution in [2.24, 2.45) is 28.7 Å². The van der Waals surface area contributed by atoms with Crippen LogP contribution in [0.25, 0.3) is 0 Å². The van der Waals surface area contributed by atoms with E-state index in [0.717, 1.165) is 29.2 Å². The monoisotopic (exact) mass is 271 g/mol. The average molecular weight is 271 g/mol. The van der Waals surface area contributed by atoms with Gasteiger partial charge in [-0.25, -0.2) is 4.39 Å². The van der Waals surface area contributed by atoms with Crippen molar-refractivity contribution in [1.29, 1.82) is 0 Å². The lowest BCUT2D eigenvalue weighted by atomic mass is 9.76. The van der Waals surface area contributed by atoms with Crippen molar-refractivity contribution in [3.8, 4) is 0 Å². The summed E-state index contributed by atoms with van der Waals surface area (Å²) < 4.78 is 13.2. The molecule has 0 spiro atoms. The summed E-state index contributed by atoms with van der Waals surface area (Å²) in [5, 5.41) is 0. The lowest BCUT2D eigenvalue weighted by Crippen LogP contribution is -2.31. The maximum atomic E-state index is 13.2. The number of benzene rings is 1. The second-order valence-electron chi connectivity index (χ2n) is 7.00. The van der Waals surface area contributed by atoms with Gasteiger partial charge in [0.15, 0.2) is 0 Å². The Morgan fingerprint density at radius 3 is 2.70 bits per heavy atom. The molecule has 1 aromatic rings. The first-order valence-electron chi connectivity index (χ1n) is 8.08. The van der Waals surface area contributed by atoms with Crippen LogP contribution in [-0.2, 0) is 0 Å². The van der Waals surface area contributed by atoms with Gasteiger partial charge in [0.25, 0.3) is 0 Å². The van der Waals surface area contributed by atoms with Crippen LogP contribution >= 0.6 is 0 Å². The average Bonchev–Trinajstić information content (AvgIpc) is 2.67. The van der Waals surface area contributed by atoms with Crippen LogP contribution in [0.4, 0.5) is 4.39 Å². The van der Waals surface area contributed by atoms with E-state index in [4.69, 9.17) is 4.99 Å². The summed E-state index contributed by atoms with van der Waals surface area (Å²) in [6.45, 7) is 0. The summed E-state index contributed by atoms with van der Waals surface area (Å²) in [4.78, 5) is 4.90. The normalized spacial score (nSPS) is 39.4. The van der Waals surface area contributed by atoms with Gasteiger partial charge in [0.05, 0.1) is 6.04 Å². The molecule has 0 radical (unpaired) electrons. The van der Waals surface area contributed by atoms with Gasteiger partial charge in [-0.2, -0.15) is 0 Å². The van der Waals surface area contributed by atoms with Gasteiger partial charge in [0.1, 0.15) is 5.82 Å². The molecule has 3 aliphatic rings. The van der Waals surface area contributed by atoms with Crippen molar-refractivity contribution in [2.75, 3.05) is 0 Å². The first-order valence-corrected chi connectivity index (χ1v) is 8.08. The number of halogens is 1. The molecule has 0 amide bonds. The zero-order chi connectivity index (χ0) is 13.5. The number of rotatable bonds is 2. The van der Waals surface area contributed by atoms with Crippen molar-refractivity contribution in [1.82, 2.24) is 0 Å². The highest BCUT2D eigenvalue weighted by atomic mass is 19.1. The molecule has 0 heterocycles. The molecule has 0 aromatic heterocycles. The van der Waals surface area contributed by atoms with Crippen LogP contribution in [0.15, 0.2) is 29.3 Å². The molecule has 20 heavy (non-hydrogen) atoms. The molecule has 3 saturated carbocycles. The van der Waals surface area contributed by atoms with Crippen molar-refractivity contribution in [3.63, 3.8) is 0 Å². The number of fused-ring (bicyclic) bond motifs is 2. The fourth-order valence-electron chi connectivity index (χ4n) is 5.03. The molecule has 1 aromatic carbocycles. The lowest BCUT2D eigenvalue weighted by molar-refractivity contribution is 0.215. The van der Waals surface area contributed by atoms with Gasteiger partial charge >= 0.3 is 0 Å². The predicted octanol–water partition coefficient (Wildman–Crippen LogP) is 4.46. The quantitative estimate of drug-likeness (QED) is 0.704. The van der Waals surface area contributed by atoms with E-state index < -0.39 is 0 Å². The van der Waals surface area contributed by atoms with Crippen molar-refractivity contribution in [2.45, 2.75) is 44.6 Å². The van der Waals surface area contributed by atoms with Crippen LogP contribution in [0, 0.1) is 29.5 Å². The van der Waals surface area contributed by atoms with Crippen molar-refractivity contribution in [3.05, 3.63) is 35.6 Å². The van der Waals surface area contributed by atoms with Gasteiger partial charge in [0.2, 0.25) is 0 Å². The Kier molecular flexibility index (Phi) is 3.13. The molecule has 0 N–H and O–H groups in total. The molecule has 3 aliphatic carbocycles. The van der Waals surface area contributed by atoms with E-state index in [1.165, 1.54) is 44.6 Å². The zero-order valence-corrected chi connectivity index (χ0v) is 11.8. The molecule has 5 unspecified atom stereocenters. The topological polar surface area (TPSA) is 12.4 Å². The summed E-state index contributed by atoms with van der Waals surface area (Å²) in [7, 11) is 0. The highest BCUT2D eigenvalue weighted by Gasteiger charge is 2.47. The Bertz CT molecular complexity index is 524. The van der Waals surface area contributed by atoms with E-state index in [1.54, 1.807) is 12.1 Å². The molecular weight excluding hydrogens is 249 g/mol. The first kappa shape index (κ1) is 12.6. The van der Waals surface area contributed by atoms with Crippen LogP contribution in [0.1, 0.15) is 44.1 Å². The fourth-order valence-corrected chi connectivity index (χ4v) is 5.03. The molecule has 4 rings (SSSR count). The van der Waals surface area contributed by atoms with Gasteiger partial charge in [-0.3, -0.25) is 4.99 Å². The minimum atomic E-state index is -0.170. The third-order valence-electron chi connectivity index (χ3n) is 5.84. The zero-order valence-electron chi connectivity index (χ0n) is 11.8. The smallest absolute Gasteiger partial charge is 0.123 e. The van der Waals surface area contributed by atoms with Crippen LogP contribution < -0.4 is 0 Å². The van der Waals surface area contributed by atoms with Gasteiger partial charge in [-0.1, -0.05) is 25.0 Å². The summed E-state index contributed by atoms with van der Waals surface area (Å²) in [6.07, 6.45) is 10.3. The van der Waals surface area contributed by atoms with E-state index in [0.29, 0.717) is 6.04 Å². The van der Waals surface area contributed by atoms with Gasteiger partial charge in [-0.05, 0) is 67.1 Å². The van der Waals surface area contributed by atoms with Crippen molar-refractivity contribution < 1.29 is 4.39 Å². The third kappa shape index (κ3) is 2.19. The van der Waals surface area contributed by atoms with Gasteiger partial charge < -0.3 is 0 Å². The molecule has 1 nitrogen and oxygen atoms in total. The number of nitrogens with zero attached hydrogens (tertiary/aromatic N) is 1. The minimum absolute atomic E-state index is 0.170. The maximum absolute atomic E-state index is 13.2. The Labute approximate surface area is 120 Å².